The summed E-state index contributed by atoms with van der Waals surface area (Å²) in [6.45, 7) is 10.6. The maximum Gasteiger partial charge on any atom is 0.173 e. The normalized spacial score (nSPS) is 10.2. The van der Waals surface area contributed by atoms with Crippen molar-refractivity contribution in [2.45, 2.75) is 40.5 Å². The minimum Gasteiger partial charge on any atom is -0.349 e. The van der Waals surface area contributed by atoms with Gasteiger partial charge in [0.15, 0.2) is 5.11 Å². The Balaban J connectivity index is 2.69. The lowest BCUT2D eigenvalue weighted by atomic mass is 10.1. The SMILES string of the molecule is CCCN(CCC)C(=S)Nc1ccc(C)c(C)c1. The van der Waals surface area contributed by atoms with Crippen LogP contribution >= 0.6 is 12.2 Å². The number of anilines is 1. The third-order valence-corrected chi connectivity index (χ3v) is 3.39. The number of hydrogen-bond donors (Lipinski definition) is 1. The molecule has 0 unspecified atom stereocenters. The van der Waals surface area contributed by atoms with Gasteiger partial charge < -0.3 is 10.2 Å². The Kier molecular flexibility index (Phi) is 6.13. The molecule has 18 heavy (non-hydrogen) atoms. The van der Waals surface area contributed by atoms with E-state index in [-0.39, 0.29) is 0 Å². The summed E-state index contributed by atoms with van der Waals surface area (Å²) in [6.07, 6.45) is 2.24. The van der Waals surface area contributed by atoms with Crippen LogP contribution in [0.15, 0.2) is 18.2 Å². The zero-order valence-electron chi connectivity index (χ0n) is 11.9. The molecule has 0 amide bonds. The molecular weight excluding hydrogens is 240 g/mol. The van der Waals surface area contributed by atoms with Crippen molar-refractivity contribution >= 4 is 23.0 Å². The molecule has 0 atom stereocenters. The minimum atomic E-state index is 0.835. The van der Waals surface area contributed by atoms with Crippen LogP contribution in [0.5, 0.6) is 0 Å². The standard InChI is InChI=1S/C15H24N2S/c1-5-9-17(10-6-2)15(18)16-14-8-7-12(3)13(4)11-14/h7-8,11H,5-6,9-10H2,1-4H3,(H,16,18). The van der Waals surface area contributed by atoms with E-state index in [4.69, 9.17) is 12.2 Å². The summed E-state index contributed by atoms with van der Waals surface area (Å²) < 4.78 is 0. The van der Waals surface area contributed by atoms with Crippen LogP contribution in [0.1, 0.15) is 37.8 Å². The highest BCUT2D eigenvalue weighted by Crippen LogP contribution is 2.15. The van der Waals surface area contributed by atoms with E-state index in [1.807, 2.05) is 0 Å². The van der Waals surface area contributed by atoms with Gasteiger partial charge in [0.25, 0.3) is 0 Å². The molecule has 1 N–H and O–H groups in total. The highest BCUT2D eigenvalue weighted by Gasteiger charge is 2.07. The van der Waals surface area contributed by atoms with E-state index in [9.17, 15) is 0 Å². The first-order chi connectivity index (χ1) is 8.58. The second kappa shape index (κ2) is 7.37. The first-order valence-electron chi connectivity index (χ1n) is 6.71. The van der Waals surface area contributed by atoms with Crippen molar-refractivity contribution in [1.82, 2.24) is 4.90 Å². The lowest BCUT2D eigenvalue weighted by Crippen LogP contribution is -2.35. The van der Waals surface area contributed by atoms with Gasteiger partial charge in [-0.3, -0.25) is 0 Å². The number of benzene rings is 1. The van der Waals surface area contributed by atoms with E-state index in [1.165, 1.54) is 11.1 Å². The molecule has 0 bridgehead atoms. The summed E-state index contributed by atoms with van der Waals surface area (Å²) in [5.74, 6) is 0. The number of nitrogens with one attached hydrogen (secondary N) is 1. The monoisotopic (exact) mass is 264 g/mol. The Hall–Kier alpha value is -1.09. The van der Waals surface area contributed by atoms with Gasteiger partial charge in [-0.25, -0.2) is 0 Å². The molecule has 0 aliphatic rings. The second-order valence-corrected chi connectivity index (χ2v) is 5.10. The zero-order chi connectivity index (χ0) is 13.5. The van der Waals surface area contributed by atoms with Crippen molar-refractivity contribution < 1.29 is 0 Å². The summed E-state index contributed by atoms with van der Waals surface area (Å²) in [7, 11) is 0. The number of thiocarbonyl (C=S) groups is 1. The average Bonchev–Trinajstić information content (AvgIpc) is 2.33. The summed E-state index contributed by atoms with van der Waals surface area (Å²) in [5.41, 5.74) is 3.69. The number of nitrogens with zero attached hydrogens (tertiary/aromatic N) is 1. The Bertz CT molecular complexity index is 395. The topological polar surface area (TPSA) is 15.3 Å². The lowest BCUT2D eigenvalue weighted by molar-refractivity contribution is 0.423. The molecule has 0 fully saturated rings. The van der Waals surface area contributed by atoms with Gasteiger partial charge in [0.2, 0.25) is 0 Å². The van der Waals surface area contributed by atoms with E-state index in [1.54, 1.807) is 0 Å². The average molecular weight is 264 g/mol. The van der Waals surface area contributed by atoms with Crippen LogP contribution in [0.4, 0.5) is 5.69 Å². The van der Waals surface area contributed by atoms with E-state index in [2.05, 4.69) is 56.1 Å². The molecule has 0 aliphatic carbocycles. The van der Waals surface area contributed by atoms with Gasteiger partial charge >= 0.3 is 0 Å². The molecule has 0 aliphatic heterocycles. The maximum atomic E-state index is 5.48. The second-order valence-electron chi connectivity index (χ2n) is 4.72. The molecule has 0 aromatic heterocycles. The highest BCUT2D eigenvalue weighted by atomic mass is 32.1. The molecule has 0 spiro atoms. The molecular formula is C15H24N2S. The third kappa shape index (κ3) is 4.30. The van der Waals surface area contributed by atoms with Gasteiger partial charge in [-0.15, -0.1) is 0 Å². The number of rotatable bonds is 5. The minimum absolute atomic E-state index is 0.835. The first kappa shape index (κ1) is 15.0. The van der Waals surface area contributed by atoms with Crippen LogP contribution in [-0.4, -0.2) is 23.1 Å². The third-order valence-electron chi connectivity index (χ3n) is 3.03. The predicted octanol–water partition coefficient (Wildman–Crippen LogP) is 4.12. The van der Waals surface area contributed by atoms with Crippen molar-refractivity contribution in [3.63, 3.8) is 0 Å². The van der Waals surface area contributed by atoms with Crippen molar-refractivity contribution in [2.24, 2.45) is 0 Å². The maximum absolute atomic E-state index is 5.48. The lowest BCUT2D eigenvalue weighted by Gasteiger charge is -2.25. The van der Waals surface area contributed by atoms with E-state index in [0.717, 1.165) is 36.7 Å². The van der Waals surface area contributed by atoms with Gasteiger partial charge in [-0.1, -0.05) is 19.9 Å². The van der Waals surface area contributed by atoms with Crippen LogP contribution in [0.2, 0.25) is 0 Å². The molecule has 0 saturated carbocycles. The number of aryl methyl sites for hydroxylation is 2. The van der Waals surface area contributed by atoms with E-state index >= 15 is 0 Å². The van der Waals surface area contributed by atoms with Crippen molar-refractivity contribution in [1.29, 1.82) is 0 Å². The Labute approximate surface area is 116 Å². The molecule has 1 aromatic rings. The molecule has 100 valence electrons. The van der Waals surface area contributed by atoms with Crippen molar-refractivity contribution in [3.05, 3.63) is 29.3 Å². The fourth-order valence-corrected chi connectivity index (χ4v) is 2.18. The fourth-order valence-electron chi connectivity index (χ4n) is 1.88. The highest BCUT2D eigenvalue weighted by molar-refractivity contribution is 7.80. The molecule has 1 rings (SSSR count). The smallest absolute Gasteiger partial charge is 0.173 e. The molecule has 3 heteroatoms. The Morgan fingerprint density at radius 2 is 1.72 bits per heavy atom. The molecule has 2 nitrogen and oxygen atoms in total. The van der Waals surface area contributed by atoms with E-state index in [0.29, 0.717) is 0 Å². The van der Waals surface area contributed by atoms with Gasteiger partial charge in [0, 0.05) is 18.8 Å². The van der Waals surface area contributed by atoms with Crippen LogP contribution in [0, 0.1) is 13.8 Å². The molecule has 0 heterocycles. The first-order valence-corrected chi connectivity index (χ1v) is 7.12. The quantitative estimate of drug-likeness (QED) is 0.805. The number of hydrogen-bond acceptors (Lipinski definition) is 1. The van der Waals surface area contributed by atoms with Gasteiger partial charge in [0.05, 0.1) is 0 Å². The Morgan fingerprint density at radius 1 is 1.11 bits per heavy atom. The predicted molar refractivity (Wildman–Crippen MR) is 84.3 cm³/mol. The van der Waals surface area contributed by atoms with Crippen molar-refractivity contribution in [2.75, 3.05) is 18.4 Å². The molecule has 0 radical (unpaired) electrons. The van der Waals surface area contributed by atoms with Gasteiger partial charge in [-0.05, 0) is 62.2 Å². The van der Waals surface area contributed by atoms with Crippen LogP contribution in [0.3, 0.4) is 0 Å². The summed E-state index contributed by atoms with van der Waals surface area (Å²) in [5, 5.41) is 4.17. The summed E-state index contributed by atoms with van der Waals surface area (Å²) in [4.78, 5) is 2.24. The Morgan fingerprint density at radius 3 is 2.22 bits per heavy atom. The van der Waals surface area contributed by atoms with E-state index < -0.39 is 0 Å². The molecule has 0 saturated heterocycles. The van der Waals surface area contributed by atoms with Gasteiger partial charge in [0.1, 0.15) is 0 Å². The summed E-state index contributed by atoms with van der Waals surface area (Å²) in [6, 6.07) is 6.37. The van der Waals surface area contributed by atoms with Crippen LogP contribution < -0.4 is 5.32 Å². The van der Waals surface area contributed by atoms with Crippen LogP contribution in [0.25, 0.3) is 0 Å². The van der Waals surface area contributed by atoms with Crippen molar-refractivity contribution in [3.8, 4) is 0 Å². The fraction of sp³-hybridized carbons (Fsp3) is 0.533. The van der Waals surface area contributed by atoms with Crippen LogP contribution in [-0.2, 0) is 0 Å². The largest absolute Gasteiger partial charge is 0.349 e. The zero-order valence-corrected chi connectivity index (χ0v) is 12.7. The molecule has 1 aromatic carbocycles. The van der Waals surface area contributed by atoms with Gasteiger partial charge in [-0.2, -0.15) is 0 Å². The summed E-state index contributed by atoms with van der Waals surface area (Å²) >= 11 is 5.48.